The highest BCUT2D eigenvalue weighted by atomic mass is 127. The van der Waals surface area contributed by atoms with Crippen molar-refractivity contribution in [1.29, 1.82) is 0 Å². The molecule has 158 valence electrons. The predicted molar refractivity (Wildman–Crippen MR) is 128 cm³/mol. The third-order valence-electron chi connectivity index (χ3n) is 4.63. The number of ketones is 1. The van der Waals surface area contributed by atoms with Crippen LogP contribution in [0, 0.1) is 3.70 Å². The Bertz CT molecular complexity index is 1360. The molecule has 0 spiro atoms. The molecular formula is C21H17IN4O3S2. The predicted octanol–water partition coefficient (Wildman–Crippen LogP) is 4.04. The van der Waals surface area contributed by atoms with Gasteiger partial charge in [0, 0.05) is 29.9 Å². The number of carbonyl (C=O) groups excluding carboxylic acids is 1. The minimum absolute atomic E-state index is 0.0736. The Morgan fingerprint density at radius 1 is 1.13 bits per heavy atom. The van der Waals surface area contributed by atoms with Crippen LogP contribution in [0.1, 0.15) is 28.5 Å². The first-order valence-corrected chi connectivity index (χ1v) is 12.7. The Kier molecular flexibility index (Phi) is 6.06. The summed E-state index contributed by atoms with van der Waals surface area (Å²) < 4.78 is 25.7. The van der Waals surface area contributed by atoms with Crippen LogP contribution in [-0.4, -0.2) is 29.0 Å². The van der Waals surface area contributed by atoms with Crippen LogP contribution in [-0.2, 0) is 16.4 Å². The van der Waals surface area contributed by atoms with Crippen molar-refractivity contribution in [2.45, 2.75) is 18.2 Å². The normalized spacial score (nSPS) is 11.6. The highest BCUT2D eigenvalue weighted by molar-refractivity contribution is 14.1. The van der Waals surface area contributed by atoms with Crippen molar-refractivity contribution in [2.24, 2.45) is 5.14 Å². The highest BCUT2D eigenvalue weighted by Crippen LogP contribution is 2.31. The summed E-state index contributed by atoms with van der Waals surface area (Å²) in [5.74, 6) is -0.0943. The van der Waals surface area contributed by atoms with Gasteiger partial charge in [0.1, 0.15) is 9.39 Å². The Balaban J connectivity index is 1.80. The average molecular weight is 564 g/mol. The van der Waals surface area contributed by atoms with E-state index >= 15 is 0 Å². The molecular weight excluding hydrogens is 547 g/mol. The molecule has 0 fully saturated rings. The van der Waals surface area contributed by atoms with Gasteiger partial charge in [-0.3, -0.25) is 4.79 Å². The van der Waals surface area contributed by atoms with Gasteiger partial charge in [-0.1, -0.05) is 42.5 Å². The van der Waals surface area contributed by atoms with Crippen LogP contribution in [0.15, 0.2) is 64.9 Å². The van der Waals surface area contributed by atoms with Gasteiger partial charge >= 0.3 is 0 Å². The maximum Gasteiger partial charge on any atom is 0.238 e. The molecule has 2 aromatic heterocycles. The minimum Gasteiger partial charge on any atom is -0.293 e. The summed E-state index contributed by atoms with van der Waals surface area (Å²) in [6, 6.07) is 16.3. The molecule has 0 aliphatic carbocycles. The first-order valence-electron chi connectivity index (χ1n) is 9.15. The van der Waals surface area contributed by atoms with Crippen molar-refractivity contribution in [3.8, 4) is 16.4 Å². The van der Waals surface area contributed by atoms with Gasteiger partial charge in [0.25, 0.3) is 0 Å². The quantitative estimate of drug-likeness (QED) is 0.281. The van der Waals surface area contributed by atoms with E-state index in [0.29, 0.717) is 17.2 Å². The fourth-order valence-electron chi connectivity index (χ4n) is 3.07. The molecule has 0 saturated carbocycles. The summed E-state index contributed by atoms with van der Waals surface area (Å²) >= 11 is 3.59. The summed E-state index contributed by atoms with van der Waals surface area (Å²) in [5.41, 5.74) is 4.08. The number of hydrogen-bond acceptors (Lipinski definition) is 6. The monoisotopic (exact) mass is 564 g/mol. The summed E-state index contributed by atoms with van der Waals surface area (Å²) in [7, 11) is -3.74. The fourth-order valence-corrected chi connectivity index (χ4v) is 5.35. The first kappa shape index (κ1) is 21.8. The molecule has 0 aliphatic heterocycles. The number of carbonyl (C=O) groups is 1. The Morgan fingerprint density at radius 2 is 1.81 bits per heavy atom. The molecule has 0 radical (unpaired) electrons. The van der Waals surface area contributed by atoms with Crippen LogP contribution < -0.4 is 5.14 Å². The number of nitrogens with zero attached hydrogens (tertiary/aromatic N) is 3. The van der Waals surface area contributed by atoms with Gasteiger partial charge < -0.3 is 0 Å². The largest absolute Gasteiger partial charge is 0.293 e. The topological polar surface area (TPSA) is 108 Å². The number of thiazole rings is 1. The van der Waals surface area contributed by atoms with Crippen molar-refractivity contribution in [1.82, 2.24) is 14.8 Å². The number of hydrogen-bond donors (Lipinski definition) is 1. The number of benzene rings is 2. The van der Waals surface area contributed by atoms with E-state index in [4.69, 9.17) is 10.2 Å². The lowest BCUT2D eigenvalue weighted by Crippen LogP contribution is -2.11. The molecule has 0 unspecified atom stereocenters. The number of rotatable bonds is 6. The maximum absolute atomic E-state index is 11.7. The SMILES string of the molecule is CC(=O)c1csc(-n2nc(-c3ccccc3)c(Cc3ccc(S(N)(=O)=O)cc3)c2I)n1. The van der Waals surface area contributed by atoms with Gasteiger partial charge in [0.05, 0.1) is 10.6 Å². The van der Waals surface area contributed by atoms with Crippen molar-refractivity contribution >= 4 is 49.7 Å². The number of Topliss-reactive ketones (excluding diaryl/α,β-unsaturated/α-hetero) is 1. The molecule has 0 bridgehead atoms. The summed E-state index contributed by atoms with van der Waals surface area (Å²) in [5, 5.41) is 12.3. The van der Waals surface area contributed by atoms with E-state index in [9.17, 15) is 13.2 Å². The van der Waals surface area contributed by atoms with Crippen LogP contribution in [0.4, 0.5) is 0 Å². The van der Waals surface area contributed by atoms with Crippen LogP contribution in [0.5, 0.6) is 0 Å². The molecule has 0 amide bonds. The Hall–Kier alpha value is -2.41. The van der Waals surface area contributed by atoms with Crippen LogP contribution >= 0.6 is 33.9 Å². The third kappa shape index (κ3) is 4.61. The Morgan fingerprint density at radius 3 is 2.39 bits per heavy atom. The molecule has 0 saturated heterocycles. The fraction of sp³-hybridized carbons (Fsp3) is 0.0952. The zero-order valence-electron chi connectivity index (χ0n) is 16.3. The van der Waals surface area contributed by atoms with E-state index < -0.39 is 10.0 Å². The van der Waals surface area contributed by atoms with Gasteiger partial charge in [-0.15, -0.1) is 11.3 Å². The van der Waals surface area contributed by atoms with Crippen molar-refractivity contribution < 1.29 is 13.2 Å². The summed E-state index contributed by atoms with van der Waals surface area (Å²) in [6.45, 7) is 1.49. The number of sulfonamides is 1. The smallest absolute Gasteiger partial charge is 0.238 e. The molecule has 10 heteroatoms. The van der Waals surface area contributed by atoms with Crippen LogP contribution in [0.3, 0.4) is 0 Å². The summed E-state index contributed by atoms with van der Waals surface area (Å²) in [4.78, 5) is 16.2. The van der Waals surface area contributed by atoms with Crippen molar-refractivity contribution in [2.75, 3.05) is 0 Å². The second-order valence-electron chi connectivity index (χ2n) is 6.83. The lowest BCUT2D eigenvalue weighted by atomic mass is 10.0. The van der Waals surface area contributed by atoms with Crippen LogP contribution in [0.25, 0.3) is 16.4 Å². The maximum atomic E-state index is 11.7. The first-order chi connectivity index (χ1) is 14.7. The Labute approximate surface area is 197 Å². The lowest BCUT2D eigenvalue weighted by molar-refractivity contribution is 0.101. The third-order valence-corrected chi connectivity index (χ3v) is 7.49. The van der Waals surface area contributed by atoms with Gasteiger partial charge in [-0.2, -0.15) is 9.78 Å². The van der Waals surface area contributed by atoms with Gasteiger partial charge in [0.15, 0.2) is 5.78 Å². The van der Waals surface area contributed by atoms with Gasteiger partial charge in [-0.05, 0) is 40.3 Å². The van der Waals surface area contributed by atoms with E-state index in [-0.39, 0.29) is 10.7 Å². The zero-order valence-corrected chi connectivity index (χ0v) is 20.1. The van der Waals surface area contributed by atoms with E-state index in [1.165, 1.54) is 30.4 Å². The van der Waals surface area contributed by atoms with E-state index in [1.54, 1.807) is 22.2 Å². The number of halogens is 1. The average Bonchev–Trinajstić information content (AvgIpc) is 3.34. The minimum atomic E-state index is -3.74. The molecule has 2 heterocycles. The van der Waals surface area contributed by atoms with Gasteiger partial charge in [-0.25, -0.2) is 18.5 Å². The molecule has 2 aromatic carbocycles. The lowest BCUT2D eigenvalue weighted by Gasteiger charge is -2.05. The van der Waals surface area contributed by atoms with Gasteiger partial charge in [0.2, 0.25) is 15.2 Å². The molecule has 2 N–H and O–H groups in total. The van der Waals surface area contributed by atoms with Crippen molar-refractivity contribution in [3.63, 3.8) is 0 Å². The van der Waals surface area contributed by atoms with Crippen LogP contribution in [0.2, 0.25) is 0 Å². The summed E-state index contributed by atoms with van der Waals surface area (Å²) in [6.07, 6.45) is 0.540. The molecule has 4 rings (SSSR count). The molecule has 0 aliphatic rings. The zero-order chi connectivity index (χ0) is 22.2. The van der Waals surface area contributed by atoms with E-state index in [2.05, 4.69) is 27.6 Å². The molecule has 4 aromatic rings. The second-order valence-corrected chi connectivity index (χ2v) is 10.3. The highest BCUT2D eigenvalue weighted by Gasteiger charge is 2.21. The standard InChI is InChI=1S/C21H17IN4O3S2/c1-13(27)18-12-30-21(24-18)26-20(22)17(19(25-26)15-5-3-2-4-6-15)11-14-7-9-16(10-8-14)31(23,28)29/h2-10,12H,11H2,1H3,(H2,23,28,29). The molecule has 0 atom stereocenters. The van der Waals surface area contributed by atoms with E-state index in [0.717, 1.165) is 26.1 Å². The number of aromatic nitrogens is 3. The number of primary sulfonamides is 1. The molecule has 7 nitrogen and oxygen atoms in total. The van der Waals surface area contributed by atoms with E-state index in [1.807, 2.05) is 30.3 Å². The second kappa shape index (κ2) is 8.61. The number of nitrogens with two attached hydrogens (primary N) is 1. The molecule has 31 heavy (non-hydrogen) atoms. The van der Waals surface area contributed by atoms with Crippen molar-refractivity contribution in [3.05, 3.63) is 80.5 Å².